The smallest absolute Gasteiger partial charge is 0.0195 e. The Hall–Kier alpha value is 0.440. The molecule has 1 aliphatic rings. The molecule has 2 atom stereocenters. The third-order valence-electron chi connectivity index (χ3n) is 3.37. The molecule has 0 radical (unpaired) electrons. The van der Waals surface area contributed by atoms with Crippen LogP contribution in [0.25, 0.3) is 0 Å². The second-order valence-electron chi connectivity index (χ2n) is 4.53. The zero-order chi connectivity index (χ0) is 10.4. The van der Waals surface area contributed by atoms with Crippen LogP contribution in [0.4, 0.5) is 0 Å². The summed E-state index contributed by atoms with van der Waals surface area (Å²) >= 11 is 3.66. The highest BCUT2D eigenvalue weighted by Gasteiger charge is 2.23. The van der Waals surface area contributed by atoms with Gasteiger partial charge in [-0.15, -0.1) is 0 Å². The number of nitrogens with zero attached hydrogens (tertiary/aromatic N) is 1. The van der Waals surface area contributed by atoms with Crippen LogP contribution >= 0.6 is 15.9 Å². The van der Waals surface area contributed by atoms with E-state index < -0.39 is 0 Å². The van der Waals surface area contributed by atoms with Gasteiger partial charge in [-0.2, -0.15) is 0 Å². The number of hydrogen-bond donors (Lipinski definition) is 0. The summed E-state index contributed by atoms with van der Waals surface area (Å²) in [6.07, 6.45) is 8.30. The molecule has 1 heterocycles. The van der Waals surface area contributed by atoms with Crippen molar-refractivity contribution in [2.45, 2.75) is 64.5 Å². The summed E-state index contributed by atoms with van der Waals surface area (Å²) in [5.41, 5.74) is 0. The maximum atomic E-state index is 3.66. The first-order valence-corrected chi connectivity index (χ1v) is 7.23. The Morgan fingerprint density at radius 2 is 2.14 bits per heavy atom. The zero-order valence-electron chi connectivity index (χ0n) is 9.64. The average molecular weight is 262 g/mol. The van der Waals surface area contributed by atoms with Crippen LogP contribution in [-0.4, -0.2) is 28.9 Å². The second-order valence-corrected chi connectivity index (χ2v) is 5.18. The molecule has 0 N–H and O–H groups in total. The van der Waals surface area contributed by atoms with E-state index in [0.29, 0.717) is 0 Å². The molecule has 0 amide bonds. The minimum atomic E-state index is 0.778. The summed E-state index contributed by atoms with van der Waals surface area (Å²) in [6.45, 7) is 6.00. The van der Waals surface area contributed by atoms with E-state index in [-0.39, 0.29) is 0 Å². The normalized spacial score (nSPS) is 27.2. The van der Waals surface area contributed by atoms with Crippen molar-refractivity contribution in [3.05, 3.63) is 0 Å². The van der Waals surface area contributed by atoms with Crippen LogP contribution in [0.15, 0.2) is 0 Å². The van der Waals surface area contributed by atoms with Crippen LogP contribution in [0.3, 0.4) is 0 Å². The van der Waals surface area contributed by atoms with Gasteiger partial charge in [0.15, 0.2) is 0 Å². The van der Waals surface area contributed by atoms with Gasteiger partial charge in [0.2, 0.25) is 0 Å². The van der Waals surface area contributed by atoms with E-state index in [9.17, 15) is 0 Å². The van der Waals surface area contributed by atoms with Crippen LogP contribution in [0, 0.1) is 0 Å². The molecule has 0 aromatic rings. The van der Waals surface area contributed by atoms with E-state index in [4.69, 9.17) is 0 Å². The summed E-state index contributed by atoms with van der Waals surface area (Å²) in [5, 5.41) is 1.15. The summed E-state index contributed by atoms with van der Waals surface area (Å²) < 4.78 is 0. The van der Waals surface area contributed by atoms with Gasteiger partial charge in [-0.25, -0.2) is 0 Å². The highest BCUT2D eigenvalue weighted by Crippen LogP contribution is 2.22. The van der Waals surface area contributed by atoms with Crippen LogP contribution in [0.5, 0.6) is 0 Å². The lowest BCUT2D eigenvalue weighted by atomic mass is 10.1. The molecule has 1 rings (SSSR count). The Labute approximate surface area is 97.4 Å². The Morgan fingerprint density at radius 3 is 2.79 bits per heavy atom. The van der Waals surface area contributed by atoms with Gasteiger partial charge in [0.25, 0.3) is 0 Å². The van der Waals surface area contributed by atoms with Crippen LogP contribution in [0.2, 0.25) is 0 Å². The monoisotopic (exact) mass is 261 g/mol. The molecule has 0 aliphatic carbocycles. The first kappa shape index (κ1) is 12.5. The molecule has 1 saturated heterocycles. The van der Waals surface area contributed by atoms with Crippen LogP contribution in [-0.2, 0) is 0 Å². The van der Waals surface area contributed by atoms with Gasteiger partial charge in [0.05, 0.1) is 0 Å². The highest BCUT2D eigenvalue weighted by atomic mass is 79.9. The molecule has 1 fully saturated rings. The van der Waals surface area contributed by atoms with Gasteiger partial charge in [0.1, 0.15) is 0 Å². The lowest BCUT2D eigenvalue weighted by Crippen LogP contribution is -2.42. The van der Waals surface area contributed by atoms with Gasteiger partial charge < -0.3 is 0 Å². The molecule has 0 saturated carbocycles. The Kier molecular flexibility index (Phi) is 6.11. The summed E-state index contributed by atoms with van der Waals surface area (Å²) in [6, 6.07) is 1.57. The van der Waals surface area contributed by atoms with Crippen molar-refractivity contribution < 1.29 is 0 Å². The number of hydrogen-bond acceptors (Lipinski definition) is 1. The second kappa shape index (κ2) is 6.84. The number of rotatable bonds is 4. The van der Waals surface area contributed by atoms with Crippen molar-refractivity contribution in [2.75, 3.05) is 11.9 Å². The van der Waals surface area contributed by atoms with Gasteiger partial charge in [-0.05, 0) is 32.7 Å². The molecule has 1 nitrogen and oxygen atoms in total. The fourth-order valence-corrected chi connectivity index (χ4v) is 3.22. The van der Waals surface area contributed by atoms with Crippen molar-refractivity contribution in [3.8, 4) is 0 Å². The third kappa shape index (κ3) is 3.54. The van der Waals surface area contributed by atoms with Crippen molar-refractivity contribution in [3.63, 3.8) is 0 Å². The van der Waals surface area contributed by atoms with E-state index in [1.54, 1.807) is 0 Å². The summed E-state index contributed by atoms with van der Waals surface area (Å²) in [4.78, 5) is 2.73. The van der Waals surface area contributed by atoms with Crippen molar-refractivity contribution in [2.24, 2.45) is 0 Å². The topological polar surface area (TPSA) is 3.24 Å². The van der Waals surface area contributed by atoms with Gasteiger partial charge in [-0.1, -0.05) is 42.1 Å². The molecule has 2 unspecified atom stereocenters. The van der Waals surface area contributed by atoms with Crippen molar-refractivity contribution in [1.29, 1.82) is 0 Å². The van der Waals surface area contributed by atoms with E-state index >= 15 is 0 Å². The Bertz CT molecular complexity index is 149. The molecular formula is C12H24BrN. The molecule has 84 valence electrons. The Balaban J connectivity index is 2.50. The predicted molar refractivity (Wildman–Crippen MR) is 67.1 cm³/mol. The largest absolute Gasteiger partial charge is 0.297 e. The standard InChI is InChI=1S/C12H24BrN/c1-3-7-11(2)14-9-6-4-5-8-12(14)10-13/h11-12H,3-10H2,1-2H3. The molecule has 14 heavy (non-hydrogen) atoms. The zero-order valence-corrected chi connectivity index (χ0v) is 11.2. The minimum absolute atomic E-state index is 0.778. The maximum absolute atomic E-state index is 3.66. The predicted octanol–water partition coefficient (Wildman–Crippen LogP) is 3.81. The number of alkyl halides is 1. The van der Waals surface area contributed by atoms with E-state index in [1.807, 2.05) is 0 Å². The van der Waals surface area contributed by atoms with Crippen molar-refractivity contribution >= 4 is 15.9 Å². The summed E-state index contributed by atoms with van der Waals surface area (Å²) in [5.74, 6) is 0. The third-order valence-corrected chi connectivity index (χ3v) is 4.12. The molecule has 0 aromatic heterocycles. The van der Waals surface area contributed by atoms with E-state index in [2.05, 4.69) is 34.7 Å². The quantitative estimate of drug-likeness (QED) is 0.696. The minimum Gasteiger partial charge on any atom is -0.297 e. The fraction of sp³-hybridized carbons (Fsp3) is 1.00. The van der Waals surface area contributed by atoms with Crippen LogP contribution < -0.4 is 0 Å². The summed E-state index contributed by atoms with van der Waals surface area (Å²) in [7, 11) is 0. The first-order valence-electron chi connectivity index (χ1n) is 6.11. The molecular weight excluding hydrogens is 238 g/mol. The van der Waals surface area contributed by atoms with Crippen LogP contribution in [0.1, 0.15) is 52.4 Å². The highest BCUT2D eigenvalue weighted by molar-refractivity contribution is 9.09. The SMILES string of the molecule is CCCC(C)N1CCCCCC1CBr. The van der Waals surface area contributed by atoms with Crippen molar-refractivity contribution in [1.82, 2.24) is 4.90 Å². The lowest BCUT2D eigenvalue weighted by Gasteiger charge is -2.34. The fourth-order valence-electron chi connectivity index (χ4n) is 2.53. The molecule has 0 bridgehead atoms. The van der Waals surface area contributed by atoms with Gasteiger partial charge in [0, 0.05) is 17.4 Å². The molecule has 0 aromatic carbocycles. The molecule has 2 heteroatoms. The number of halogens is 1. The average Bonchev–Trinajstić information content (AvgIpc) is 2.42. The Morgan fingerprint density at radius 1 is 1.36 bits per heavy atom. The molecule has 1 aliphatic heterocycles. The van der Waals surface area contributed by atoms with E-state index in [0.717, 1.165) is 17.4 Å². The van der Waals surface area contributed by atoms with Gasteiger partial charge in [-0.3, -0.25) is 4.90 Å². The number of likely N-dealkylation sites (tertiary alicyclic amines) is 1. The van der Waals surface area contributed by atoms with Gasteiger partial charge >= 0.3 is 0 Å². The lowest BCUT2D eigenvalue weighted by molar-refractivity contribution is 0.153. The first-order chi connectivity index (χ1) is 6.79. The molecule has 0 spiro atoms. The maximum Gasteiger partial charge on any atom is 0.0195 e. The van der Waals surface area contributed by atoms with E-state index in [1.165, 1.54) is 45.1 Å².